The SMILES string of the molecule is CCNCc1ccnc(N2c3ccccc3CC2C)c1F. The third-order valence-corrected chi connectivity index (χ3v) is 3.95. The molecule has 1 atom stereocenters. The molecule has 0 bridgehead atoms. The number of hydrogen-bond donors (Lipinski definition) is 1. The monoisotopic (exact) mass is 285 g/mol. The van der Waals surface area contributed by atoms with Gasteiger partial charge in [0.05, 0.1) is 0 Å². The molecule has 0 saturated carbocycles. The highest BCUT2D eigenvalue weighted by Crippen LogP contribution is 2.38. The Hall–Kier alpha value is -1.94. The summed E-state index contributed by atoms with van der Waals surface area (Å²) in [6, 6.07) is 10.1. The molecule has 0 saturated heterocycles. The van der Waals surface area contributed by atoms with Gasteiger partial charge in [-0.1, -0.05) is 25.1 Å². The van der Waals surface area contributed by atoms with Crippen LogP contribution in [0.2, 0.25) is 0 Å². The number of aromatic nitrogens is 1. The van der Waals surface area contributed by atoms with Gasteiger partial charge < -0.3 is 10.2 Å². The lowest BCUT2D eigenvalue weighted by Gasteiger charge is -2.25. The molecule has 21 heavy (non-hydrogen) atoms. The van der Waals surface area contributed by atoms with E-state index in [1.807, 2.05) is 30.0 Å². The molecule has 3 rings (SSSR count). The lowest BCUT2D eigenvalue weighted by molar-refractivity contribution is 0.580. The number of nitrogens with one attached hydrogen (secondary N) is 1. The highest BCUT2D eigenvalue weighted by Gasteiger charge is 2.30. The van der Waals surface area contributed by atoms with E-state index in [1.165, 1.54) is 5.56 Å². The molecular weight excluding hydrogens is 265 g/mol. The summed E-state index contributed by atoms with van der Waals surface area (Å²) in [5, 5.41) is 3.17. The molecule has 0 amide bonds. The number of halogens is 1. The summed E-state index contributed by atoms with van der Waals surface area (Å²) in [6.45, 7) is 5.47. The molecule has 3 nitrogen and oxygen atoms in total. The van der Waals surface area contributed by atoms with Crippen LogP contribution in [0.25, 0.3) is 0 Å². The van der Waals surface area contributed by atoms with Crippen LogP contribution in [0.4, 0.5) is 15.9 Å². The Bertz CT molecular complexity index is 642. The quantitative estimate of drug-likeness (QED) is 0.933. The molecule has 1 aromatic carbocycles. The van der Waals surface area contributed by atoms with Crippen molar-refractivity contribution >= 4 is 11.5 Å². The average Bonchev–Trinajstić information content (AvgIpc) is 2.82. The maximum absolute atomic E-state index is 14.8. The van der Waals surface area contributed by atoms with Gasteiger partial charge in [0, 0.05) is 30.0 Å². The lowest BCUT2D eigenvalue weighted by atomic mass is 10.1. The third-order valence-electron chi connectivity index (χ3n) is 3.95. The predicted octanol–water partition coefficient (Wildman–Crippen LogP) is 3.41. The molecule has 1 aliphatic rings. The Morgan fingerprint density at radius 2 is 2.14 bits per heavy atom. The van der Waals surface area contributed by atoms with E-state index in [0.717, 1.165) is 18.7 Å². The molecule has 2 heterocycles. The van der Waals surface area contributed by atoms with Crippen molar-refractivity contribution < 1.29 is 4.39 Å². The van der Waals surface area contributed by atoms with Gasteiger partial charge in [-0.3, -0.25) is 0 Å². The fraction of sp³-hybridized carbons (Fsp3) is 0.353. The zero-order valence-electron chi connectivity index (χ0n) is 12.4. The zero-order chi connectivity index (χ0) is 14.8. The van der Waals surface area contributed by atoms with Crippen LogP contribution in [0, 0.1) is 5.82 Å². The smallest absolute Gasteiger partial charge is 0.170 e. The normalized spacial score (nSPS) is 17.1. The molecule has 0 radical (unpaired) electrons. The van der Waals surface area contributed by atoms with Crippen molar-refractivity contribution in [2.24, 2.45) is 0 Å². The first-order valence-electron chi connectivity index (χ1n) is 7.43. The summed E-state index contributed by atoms with van der Waals surface area (Å²) >= 11 is 0. The molecule has 4 heteroatoms. The first-order valence-corrected chi connectivity index (χ1v) is 7.43. The van der Waals surface area contributed by atoms with Gasteiger partial charge in [-0.15, -0.1) is 0 Å². The largest absolute Gasteiger partial charge is 0.321 e. The van der Waals surface area contributed by atoms with Crippen molar-refractivity contribution in [3.05, 3.63) is 53.5 Å². The van der Waals surface area contributed by atoms with E-state index in [2.05, 4.69) is 23.3 Å². The number of hydrogen-bond acceptors (Lipinski definition) is 3. The number of anilines is 2. The van der Waals surface area contributed by atoms with Crippen molar-refractivity contribution in [2.75, 3.05) is 11.4 Å². The van der Waals surface area contributed by atoms with Gasteiger partial charge in [0.15, 0.2) is 11.6 Å². The van der Waals surface area contributed by atoms with Crippen molar-refractivity contribution in [1.82, 2.24) is 10.3 Å². The number of nitrogens with zero attached hydrogens (tertiary/aromatic N) is 2. The first-order chi connectivity index (χ1) is 10.2. The van der Waals surface area contributed by atoms with E-state index in [0.29, 0.717) is 17.9 Å². The molecule has 0 aliphatic carbocycles. The van der Waals surface area contributed by atoms with Crippen molar-refractivity contribution in [3.8, 4) is 0 Å². The van der Waals surface area contributed by atoms with Gasteiger partial charge in [0.25, 0.3) is 0 Å². The Balaban J connectivity index is 2.01. The average molecular weight is 285 g/mol. The number of pyridine rings is 1. The maximum Gasteiger partial charge on any atom is 0.170 e. The first kappa shape index (κ1) is 14.0. The Labute approximate surface area is 124 Å². The van der Waals surface area contributed by atoms with Crippen LogP contribution in [0.15, 0.2) is 36.5 Å². The van der Waals surface area contributed by atoms with Gasteiger partial charge in [-0.05, 0) is 37.6 Å². The summed E-state index contributed by atoms with van der Waals surface area (Å²) in [7, 11) is 0. The topological polar surface area (TPSA) is 28.2 Å². The van der Waals surface area contributed by atoms with Gasteiger partial charge in [0.2, 0.25) is 0 Å². The Morgan fingerprint density at radius 1 is 1.33 bits per heavy atom. The molecule has 0 fully saturated rings. The van der Waals surface area contributed by atoms with E-state index >= 15 is 0 Å². The van der Waals surface area contributed by atoms with Gasteiger partial charge in [0.1, 0.15) is 0 Å². The molecule has 1 aliphatic heterocycles. The molecule has 1 N–H and O–H groups in total. The highest BCUT2D eigenvalue weighted by molar-refractivity contribution is 5.69. The van der Waals surface area contributed by atoms with Crippen molar-refractivity contribution in [2.45, 2.75) is 32.9 Å². The minimum Gasteiger partial charge on any atom is -0.321 e. The van der Waals surface area contributed by atoms with Crippen LogP contribution < -0.4 is 10.2 Å². The number of fused-ring (bicyclic) bond motifs is 1. The second-order valence-electron chi connectivity index (χ2n) is 5.44. The summed E-state index contributed by atoms with van der Waals surface area (Å²) < 4.78 is 14.8. The summed E-state index contributed by atoms with van der Waals surface area (Å²) in [4.78, 5) is 6.32. The Morgan fingerprint density at radius 3 is 2.95 bits per heavy atom. The molecule has 0 spiro atoms. The fourth-order valence-electron chi connectivity index (χ4n) is 2.92. The van der Waals surface area contributed by atoms with E-state index in [1.54, 1.807) is 12.3 Å². The van der Waals surface area contributed by atoms with Crippen LogP contribution in [0.3, 0.4) is 0 Å². The van der Waals surface area contributed by atoms with Crippen molar-refractivity contribution in [3.63, 3.8) is 0 Å². The van der Waals surface area contributed by atoms with E-state index in [-0.39, 0.29) is 11.9 Å². The number of para-hydroxylation sites is 1. The molecule has 1 aromatic heterocycles. The number of benzene rings is 1. The van der Waals surface area contributed by atoms with Crippen LogP contribution >= 0.6 is 0 Å². The lowest BCUT2D eigenvalue weighted by Crippen LogP contribution is -2.26. The highest BCUT2D eigenvalue weighted by atomic mass is 19.1. The molecular formula is C17H20FN3. The van der Waals surface area contributed by atoms with Crippen LogP contribution in [-0.2, 0) is 13.0 Å². The Kier molecular flexibility index (Phi) is 3.88. The van der Waals surface area contributed by atoms with Crippen molar-refractivity contribution in [1.29, 1.82) is 0 Å². The van der Waals surface area contributed by atoms with E-state index < -0.39 is 0 Å². The van der Waals surface area contributed by atoms with Crippen LogP contribution in [0.1, 0.15) is 25.0 Å². The minimum atomic E-state index is -0.220. The van der Waals surface area contributed by atoms with E-state index in [9.17, 15) is 4.39 Å². The molecule has 1 unspecified atom stereocenters. The minimum absolute atomic E-state index is 0.220. The summed E-state index contributed by atoms with van der Waals surface area (Å²) in [5.41, 5.74) is 2.98. The third kappa shape index (κ3) is 2.51. The fourth-order valence-corrected chi connectivity index (χ4v) is 2.92. The number of rotatable bonds is 4. The molecule has 2 aromatic rings. The summed E-state index contributed by atoms with van der Waals surface area (Å²) in [5.74, 6) is 0.213. The molecule has 110 valence electrons. The summed E-state index contributed by atoms with van der Waals surface area (Å²) in [6.07, 6.45) is 2.62. The van der Waals surface area contributed by atoms with Crippen LogP contribution in [0.5, 0.6) is 0 Å². The van der Waals surface area contributed by atoms with Crippen LogP contribution in [-0.4, -0.2) is 17.6 Å². The van der Waals surface area contributed by atoms with E-state index in [4.69, 9.17) is 0 Å². The maximum atomic E-state index is 14.8. The zero-order valence-corrected chi connectivity index (χ0v) is 12.4. The standard InChI is InChI=1S/C17H20FN3/c1-3-19-11-14-8-9-20-17(16(14)18)21-12(2)10-13-6-4-5-7-15(13)21/h4-9,12,19H,3,10-11H2,1-2H3. The second-order valence-corrected chi connectivity index (χ2v) is 5.44. The van der Waals surface area contributed by atoms with Gasteiger partial charge in [-0.25, -0.2) is 9.37 Å². The second kappa shape index (κ2) is 5.82. The predicted molar refractivity (Wildman–Crippen MR) is 83.3 cm³/mol. The van der Waals surface area contributed by atoms with Gasteiger partial charge >= 0.3 is 0 Å². The van der Waals surface area contributed by atoms with Gasteiger partial charge in [-0.2, -0.15) is 0 Å².